The summed E-state index contributed by atoms with van der Waals surface area (Å²) in [5, 5.41) is 23.1. The minimum atomic E-state index is -2.60. The van der Waals surface area contributed by atoms with Gasteiger partial charge in [-0.1, -0.05) is 37.4 Å². The number of ether oxygens (including phenoxy) is 2. The van der Waals surface area contributed by atoms with Crippen molar-refractivity contribution in [2.24, 2.45) is 17.6 Å². The lowest BCUT2D eigenvalue weighted by molar-refractivity contribution is -0.162. The number of nitrogens with zero attached hydrogens (tertiary/aromatic N) is 1. The van der Waals surface area contributed by atoms with Crippen LogP contribution in [0.1, 0.15) is 17.5 Å². The molecular formula is C27H30N2O7. The summed E-state index contributed by atoms with van der Waals surface area (Å²) in [6, 6.07) is 4.50. The predicted molar refractivity (Wildman–Crippen MR) is 132 cm³/mol. The summed E-state index contributed by atoms with van der Waals surface area (Å²) in [4.78, 5) is 41.6. The molecule has 1 saturated carbocycles. The Hall–Kier alpha value is -3.69. The van der Waals surface area contributed by atoms with Crippen LogP contribution in [0.2, 0.25) is 0 Å². The number of fused-ring (bicyclic) bond motifs is 3. The van der Waals surface area contributed by atoms with Crippen LogP contribution in [0.15, 0.2) is 60.4 Å². The number of aliphatic hydroxyl groups is 2. The average Bonchev–Trinajstić information content (AvgIpc) is 2.82. The van der Waals surface area contributed by atoms with Gasteiger partial charge in [0.15, 0.2) is 5.60 Å². The van der Waals surface area contributed by atoms with Gasteiger partial charge in [0.05, 0.1) is 11.6 Å². The summed E-state index contributed by atoms with van der Waals surface area (Å²) in [7, 11) is 3.40. The van der Waals surface area contributed by atoms with Gasteiger partial charge < -0.3 is 25.4 Å². The molecule has 1 aromatic rings. The van der Waals surface area contributed by atoms with Crippen molar-refractivity contribution in [3.05, 3.63) is 71.5 Å². The van der Waals surface area contributed by atoms with Crippen molar-refractivity contribution >= 4 is 23.2 Å². The molecule has 36 heavy (non-hydrogen) atoms. The zero-order valence-corrected chi connectivity index (χ0v) is 20.3. The van der Waals surface area contributed by atoms with E-state index in [0.717, 1.165) is 5.56 Å². The number of ketones is 2. The van der Waals surface area contributed by atoms with Crippen LogP contribution in [0.3, 0.4) is 0 Å². The van der Waals surface area contributed by atoms with Gasteiger partial charge in [-0.25, -0.2) is 0 Å². The van der Waals surface area contributed by atoms with E-state index in [1.54, 1.807) is 37.2 Å². The van der Waals surface area contributed by atoms with Crippen molar-refractivity contribution in [1.82, 2.24) is 4.90 Å². The van der Waals surface area contributed by atoms with E-state index in [1.807, 2.05) is 6.07 Å². The molecule has 0 radical (unpaired) electrons. The fraction of sp³-hybridized carbons (Fsp3) is 0.370. The quantitative estimate of drug-likeness (QED) is 0.280. The van der Waals surface area contributed by atoms with E-state index >= 15 is 0 Å². The first-order valence-electron chi connectivity index (χ1n) is 11.6. The van der Waals surface area contributed by atoms with E-state index in [9.17, 15) is 24.6 Å². The molecule has 9 heteroatoms. The summed E-state index contributed by atoms with van der Waals surface area (Å²) in [5.41, 5.74) is 3.45. The average molecular weight is 495 g/mol. The molecule has 0 aliphatic heterocycles. The Balaban J connectivity index is 1.91. The van der Waals surface area contributed by atoms with Crippen molar-refractivity contribution in [2.75, 3.05) is 27.3 Å². The first kappa shape index (κ1) is 25.4. The summed E-state index contributed by atoms with van der Waals surface area (Å²) in [6.45, 7) is 7.42. The number of rotatable bonds is 8. The summed E-state index contributed by atoms with van der Waals surface area (Å²) >= 11 is 0. The van der Waals surface area contributed by atoms with Crippen LogP contribution >= 0.6 is 0 Å². The summed E-state index contributed by atoms with van der Waals surface area (Å²) in [6.07, 6.45) is 3.58. The van der Waals surface area contributed by atoms with E-state index < -0.39 is 46.5 Å². The second-order valence-electron chi connectivity index (χ2n) is 9.43. The van der Waals surface area contributed by atoms with Gasteiger partial charge in [0.2, 0.25) is 11.6 Å². The Bertz CT molecular complexity index is 1230. The highest BCUT2D eigenvalue weighted by atomic mass is 16.5. The number of nitrogens with two attached hydrogens (primary N) is 1. The number of hydrogen-bond donors (Lipinski definition) is 3. The molecule has 4 rings (SSSR count). The normalized spacial score (nSPS) is 27.3. The molecule has 0 spiro atoms. The highest BCUT2D eigenvalue weighted by Crippen LogP contribution is 2.52. The fourth-order valence-electron chi connectivity index (χ4n) is 5.72. The Kier molecular flexibility index (Phi) is 6.64. The molecule has 3 aliphatic carbocycles. The molecule has 4 atom stereocenters. The number of amides is 1. The number of carbonyl (C=O) groups is 3. The smallest absolute Gasteiger partial charge is 0.255 e. The molecule has 0 aromatic heterocycles. The SMILES string of the molecule is C=CCOC1=C(C(N)=O)C(=O)C2(O)C(=O)C3=C(O)c4c(cccc4OCC=C)CC3CC2C1N(C)C. The summed E-state index contributed by atoms with van der Waals surface area (Å²) < 4.78 is 11.4. The van der Waals surface area contributed by atoms with Crippen LogP contribution in [0.5, 0.6) is 5.75 Å². The van der Waals surface area contributed by atoms with Gasteiger partial charge in [0.1, 0.15) is 36.1 Å². The van der Waals surface area contributed by atoms with E-state index in [0.29, 0.717) is 17.7 Å². The Morgan fingerprint density at radius 1 is 1.19 bits per heavy atom. The number of carbonyl (C=O) groups excluding carboxylic acids is 3. The van der Waals surface area contributed by atoms with Gasteiger partial charge in [-0.2, -0.15) is 0 Å². The molecular weight excluding hydrogens is 464 g/mol. The maximum Gasteiger partial charge on any atom is 0.255 e. The molecule has 0 heterocycles. The lowest BCUT2D eigenvalue weighted by Crippen LogP contribution is -2.67. The Labute approximate surface area is 209 Å². The van der Waals surface area contributed by atoms with Gasteiger partial charge >= 0.3 is 0 Å². The number of likely N-dealkylation sites (N-methyl/N-ethyl adjacent to an activating group) is 1. The van der Waals surface area contributed by atoms with Crippen LogP contribution in [0, 0.1) is 11.8 Å². The molecule has 0 bridgehead atoms. The highest BCUT2D eigenvalue weighted by Gasteiger charge is 2.65. The number of primary amides is 1. The fourth-order valence-corrected chi connectivity index (χ4v) is 5.72. The standard InChI is InChI=1S/C27H30N2O7/c1-5-10-35-17-9-7-8-14-12-15-13-16-21(29(3)4)23(36-11-6-2)20(26(28)33)25(32)27(16,34)24(31)19(15)22(30)18(14)17/h5-9,15-16,21,30,34H,1-2,10-13H2,3-4H3,(H2,28,33). The Morgan fingerprint density at radius 3 is 2.47 bits per heavy atom. The molecule has 190 valence electrons. The topological polar surface area (TPSA) is 139 Å². The van der Waals surface area contributed by atoms with Crippen molar-refractivity contribution in [3.63, 3.8) is 0 Å². The number of benzene rings is 1. The first-order valence-corrected chi connectivity index (χ1v) is 11.6. The monoisotopic (exact) mass is 494 g/mol. The molecule has 0 saturated heterocycles. The first-order chi connectivity index (χ1) is 17.1. The minimum absolute atomic E-state index is 0.000934. The third kappa shape index (κ3) is 3.66. The molecule has 1 amide bonds. The van der Waals surface area contributed by atoms with Gasteiger partial charge in [-0.15, -0.1) is 0 Å². The number of hydrogen-bond acceptors (Lipinski definition) is 8. The zero-order chi connectivity index (χ0) is 26.4. The van der Waals surface area contributed by atoms with Crippen LogP contribution in [-0.2, 0) is 25.5 Å². The third-order valence-electron chi connectivity index (χ3n) is 7.13. The molecule has 1 aromatic carbocycles. The lowest BCUT2D eigenvalue weighted by Gasteiger charge is -2.50. The highest BCUT2D eigenvalue weighted by molar-refractivity contribution is 6.33. The molecule has 3 aliphatic rings. The van der Waals surface area contributed by atoms with Crippen molar-refractivity contribution < 1.29 is 34.1 Å². The molecule has 1 fully saturated rings. The second kappa shape index (κ2) is 9.40. The molecule has 4 N–H and O–H groups in total. The van der Waals surface area contributed by atoms with E-state index in [2.05, 4.69) is 13.2 Å². The largest absolute Gasteiger partial charge is 0.507 e. The molecule has 9 nitrogen and oxygen atoms in total. The van der Waals surface area contributed by atoms with Crippen molar-refractivity contribution in [2.45, 2.75) is 24.5 Å². The predicted octanol–water partition coefficient (Wildman–Crippen LogP) is 1.47. The molecule has 4 unspecified atom stereocenters. The van der Waals surface area contributed by atoms with Crippen LogP contribution in [-0.4, -0.2) is 71.5 Å². The van der Waals surface area contributed by atoms with E-state index in [1.165, 1.54) is 6.08 Å². The minimum Gasteiger partial charge on any atom is -0.507 e. The van der Waals surface area contributed by atoms with Crippen LogP contribution in [0.4, 0.5) is 0 Å². The van der Waals surface area contributed by atoms with E-state index in [-0.39, 0.29) is 36.7 Å². The third-order valence-corrected chi connectivity index (χ3v) is 7.13. The Morgan fingerprint density at radius 2 is 1.86 bits per heavy atom. The van der Waals surface area contributed by atoms with Gasteiger partial charge in [-0.05, 0) is 44.5 Å². The number of Topliss-reactive ketones (excluding diaryl/α,β-unsaturated/α-hetero) is 2. The number of aliphatic hydroxyl groups excluding tert-OH is 1. The van der Waals surface area contributed by atoms with Gasteiger partial charge in [0.25, 0.3) is 5.91 Å². The zero-order valence-electron chi connectivity index (χ0n) is 20.3. The van der Waals surface area contributed by atoms with Crippen molar-refractivity contribution in [1.29, 1.82) is 0 Å². The van der Waals surface area contributed by atoms with Crippen LogP contribution < -0.4 is 10.5 Å². The van der Waals surface area contributed by atoms with Gasteiger partial charge in [-0.3, -0.25) is 19.3 Å². The van der Waals surface area contributed by atoms with E-state index in [4.69, 9.17) is 15.2 Å². The second-order valence-corrected chi connectivity index (χ2v) is 9.43. The maximum atomic E-state index is 13.9. The lowest BCUT2D eigenvalue weighted by atomic mass is 9.57. The van der Waals surface area contributed by atoms with Crippen LogP contribution in [0.25, 0.3) is 5.76 Å². The summed E-state index contributed by atoms with van der Waals surface area (Å²) in [5.74, 6) is -4.57. The van der Waals surface area contributed by atoms with Crippen molar-refractivity contribution in [3.8, 4) is 5.75 Å². The van der Waals surface area contributed by atoms with Gasteiger partial charge in [0, 0.05) is 11.5 Å². The maximum absolute atomic E-state index is 13.9.